The smallest absolute Gasteiger partial charge is 0.254 e. The molecular formula is C19H15N5O. The van der Waals surface area contributed by atoms with E-state index in [1.54, 1.807) is 9.58 Å². The van der Waals surface area contributed by atoms with Crippen molar-refractivity contribution in [3.05, 3.63) is 59.7 Å². The highest BCUT2D eigenvalue weighted by atomic mass is 16.2. The SMILES string of the molecule is C=C(C#N)CN1Cc2c(cccc2-c2ccc3nnn(C)c3c2)C1=O. The van der Waals surface area contributed by atoms with E-state index in [2.05, 4.69) is 16.9 Å². The topological polar surface area (TPSA) is 74.8 Å². The molecule has 0 atom stereocenters. The number of hydrogen-bond acceptors (Lipinski definition) is 4. The number of carbonyl (C=O) groups excluding carboxylic acids is 1. The molecule has 2 aromatic carbocycles. The van der Waals surface area contributed by atoms with Crippen molar-refractivity contribution in [2.75, 3.05) is 6.54 Å². The molecule has 122 valence electrons. The Kier molecular flexibility index (Phi) is 3.36. The highest BCUT2D eigenvalue weighted by molar-refractivity contribution is 6.01. The second-order valence-electron chi connectivity index (χ2n) is 6.12. The van der Waals surface area contributed by atoms with E-state index < -0.39 is 0 Å². The number of aryl methyl sites for hydroxylation is 1. The Balaban J connectivity index is 1.79. The van der Waals surface area contributed by atoms with Crippen LogP contribution in [-0.2, 0) is 13.6 Å². The van der Waals surface area contributed by atoms with Gasteiger partial charge < -0.3 is 4.90 Å². The van der Waals surface area contributed by atoms with Crippen LogP contribution in [0, 0.1) is 11.3 Å². The predicted molar refractivity (Wildman–Crippen MR) is 93.4 cm³/mol. The molecule has 0 saturated heterocycles. The monoisotopic (exact) mass is 329 g/mol. The van der Waals surface area contributed by atoms with Crippen LogP contribution in [0.5, 0.6) is 0 Å². The molecule has 0 spiro atoms. The van der Waals surface area contributed by atoms with Crippen molar-refractivity contribution >= 4 is 16.9 Å². The minimum Gasteiger partial charge on any atom is -0.329 e. The van der Waals surface area contributed by atoms with Crippen molar-refractivity contribution in [1.82, 2.24) is 19.9 Å². The van der Waals surface area contributed by atoms with Crippen LogP contribution in [0.1, 0.15) is 15.9 Å². The minimum absolute atomic E-state index is 0.0588. The predicted octanol–water partition coefficient (Wildman–Crippen LogP) is 2.67. The molecule has 0 unspecified atom stereocenters. The van der Waals surface area contributed by atoms with Crippen LogP contribution in [0.3, 0.4) is 0 Å². The molecule has 1 aromatic heterocycles. The van der Waals surface area contributed by atoms with Crippen molar-refractivity contribution in [2.45, 2.75) is 6.54 Å². The first kappa shape index (κ1) is 15.1. The largest absolute Gasteiger partial charge is 0.329 e. The first-order valence-corrected chi connectivity index (χ1v) is 7.87. The number of benzene rings is 2. The lowest BCUT2D eigenvalue weighted by Gasteiger charge is -2.14. The normalized spacial score (nSPS) is 13.1. The first-order valence-electron chi connectivity index (χ1n) is 7.87. The van der Waals surface area contributed by atoms with Crippen LogP contribution in [0.15, 0.2) is 48.6 Å². The molecule has 1 aliphatic rings. The van der Waals surface area contributed by atoms with Crippen LogP contribution < -0.4 is 0 Å². The van der Waals surface area contributed by atoms with Gasteiger partial charge in [0.2, 0.25) is 0 Å². The molecule has 6 nitrogen and oxygen atoms in total. The Morgan fingerprint density at radius 1 is 1.32 bits per heavy atom. The third-order valence-electron chi connectivity index (χ3n) is 4.50. The summed E-state index contributed by atoms with van der Waals surface area (Å²) in [6.45, 7) is 4.42. The average molecular weight is 329 g/mol. The molecule has 0 radical (unpaired) electrons. The molecular weight excluding hydrogens is 314 g/mol. The van der Waals surface area contributed by atoms with Crippen molar-refractivity contribution in [3.8, 4) is 17.2 Å². The van der Waals surface area contributed by atoms with E-state index in [4.69, 9.17) is 5.26 Å². The zero-order chi connectivity index (χ0) is 17.6. The summed E-state index contributed by atoms with van der Waals surface area (Å²) in [6.07, 6.45) is 0. The number of nitriles is 1. The number of rotatable bonds is 3. The summed E-state index contributed by atoms with van der Waals surface area (Å²) in [5.41, 5.74) is 5.85. The van der Waals surface area contributed by atoms with E-state index in [0.717, 1.165) is 27.7 Å². The number of aromatic nitrogens is 3. The molecule has 25 heavy (non-hydrogen) atoms. The standard InChI is InChI=1S/C19H15N5O/c1-12(9-20)10-24-11-16-14(4-3-5-15(16)19(24)25)13-6-7-17-18(8-13)23(2)22-21-17/h3-8H,1,10-11H2,2H3. The Hall–Kier alpha value is -3.46. The summed E-state index contributed by atoms with van der Waals surface area (Å²) < 4.78 is 1.73. The van der Waals surface area contributed by atoms with E-state index in [1.165, 1.54) is 0 Å². The van der Waals surface area contributed by atoms with Crippen LogP contribution in [-0.4, -0.2) is 32.3 Å². The third-order valence-corrected chi connectivity index (χ3v) is 4.50. The van der Waals surface area contributed by atoms with Crippen LogP contribution >= 0.6 is 0 Å². The molecule has 0 aliphatic carbocycles. The summed E-state index contributed by atoms with van der Waals surface area (Å²) in [7, 11) is 1.85. The van der Waals surface area contributed by atoms with Gasteiger partial charge in [-0.05, 0) is 34.9 Å². The fourth-order valence-corrected chi connectivity index (χ4v) is 3.25. The van der Waals surface area contributed by atoms with Crippen molar-refractivity contribution < 1.29 is 4.79 Å². The molecule has 4 rings (SSSR count). The molecule has 0 fully saturated rings. The van der Waals surface area contributed by atoms with Gasteiger partial charge >= 0.3 is 0 Å². The summed E-state index contributed by atoms with van der Waals surface area (Å²) in [6, 6.07) is 13.7. The quantitative estimate of drug-likeness (QED) is 0.692. The van der Waals surface area contributed by atoms with Crippen LogP contribution in [0.4, 0.5) is 0 Å². The van der Waals surface area contributed by atoms with Gasteiger partial charge in [-0.25, -0.2) is 4.68 Å². The lowest BCUT2D eigenvalue weighted by atomic mass is 9.96. The van der Waals surface area contributed by atoms with Crippen molar-refractivity contribution in [3.63, 3.8) is 0 Å². The van der Waals surface area contributed by atoms with Crippen molar-refractivity contribution in [1.29, 1.82) is 5.26 Å². The van der Waals surface area contributed by atoms with E-state index >= 15 is 0 Å². The molecule has 1 aliphatic heterocycles. The van der Waals surface area contributed by atoms with E-state index in [-0.39, 0.29) is 12.5 Å². The Morgan fingerprint density at radius 2 is 2.12 bits per heavy atom. The number of fused-ring (bicyclic) bond motifs is 2. The third kappa shape index (κ3) is 2.37. The van der Waals surface area contributed by atoms with Gasteiger partial charge in [0.25, 0.3) is 5.91 Å². The fourth-order valence-electron chi connectivity index (χ4n) is 3.25. The molecule has 2 heterocycles. The average Bonchev–Trinajstić information content (AvgIpc) is 3.15. The highest BCUT2D eigenvalue weighted by Crippen LogP contribution is 2.33. The van der Waals surface area contributed by atoms with E-state index in [0.29, 0.717) is 17.7 Å². The van der Waals surface area contributed by atoms with Crippen LogP contribution in [0.25, 0.3) is 22.2 Å². The van der Waals surface area contributed by atoms with Gasteiger partial charge in [-0.15, -0.1) is 5.10 Å². The van der Waals surface area contributed by atoms with Gasteiger partial charge in [0.1, 0.15) is 5.52 Å². The lowest BCUT2D eigenvalue weighted by molar-refractivity contribution is 0.0794. The Labute approximate surface area is 144 Å². The van der Waals surface area contributed by atoms with Gasteiger partial charge in [0, 0.05) is 24.7 Å². The highest BCUT2D eigenvalue weighted by Gasteiger charge is 2.29. The number of amides is 1. The van der Waals surface area contributed by atoms with E-state index in [1.807, 2.05) is 49.5 Å². The van der Waals surface area contributed by atoms with Gasteiger partial charge in [-0.2, -0.15) is 5.26 Å². The second-order valence-corrected chi connectivity index (χ2v) is 6.12. The molecule has 0 N–H and O–H groups in total. The molecule has 6 heteroatoms. The molecule has 1 amide bonds. The minimum atomic E-state index is -0.0588. The summed E-state index contributed by atoms with van der Waals surface area (Å²) in [5, 5.41) is 17.1. The second kappa shape index (κ2) is 5.56. The van der Waals surface area contributed by atoms with E-state index in [9.17, 15) is 4.79 Å². The first-order chi connectivity index (χ1) is 12.1. The maximum atomic E-state index is 12.6. The van der Waals surface area contributed by atoms with Crippen molar-refractivity contribution in [2.24, 2.45) is 7.05 Å². The molecule has 0 bridgehead atoms. The summed E-state index contributed by atoms with van der Waals surface area (Å²) in [5.74, 6) is -0.0588. The summed E-state index contributed by atoms with van der Waals surface area (Å²) >= 11 is 0. The number of nitrogens with zero attached hydrogens (tertiary/aromatic N) is 5. The maximum Gasteiger partial charge on any atom is 0.254 e. The molecule has 3 aromatic rings. The number of carbonyl (C=O) groups is 1. The summed E-state index contributed by atoms with van der Waals surface area (Å²) in [4.78, 5) is 14.3. The Bertz CT molecular complexity index is 1070. The lowest BCUT2D eigenvalue weighted by Crippen LogP contribution is -2.25. The molecule has 0 saturated carbocycles. The Morgan fingerprint density at radius 3 is 2.92 bits per heavy atom. The maximum absolute atomic E-state index is 12.6. The van der Waals surface area contributed by atoms with Crippen LogP contribution in [0.2, 0.25) is 0 Å². The fraction of sp³-hybridized carbons (Fsp3) is 0.158. The van der Waals surface area contributed by atoms with Gasteiger partial charge in [-0.1, -0.05) is 30.0 Å². The zero-order valence-electron chi connectivity index (χ0n) is 13.7. The van der Waals surface area contributed by atoms with Gasteiger partial charge in [-0.3, -0.25) is 4.79 Å². The zero-order valence-corrected chi connectivity index (χ0v) is 13.7. The van der Waals surface area contributed by atoms with Gasteiger partial charge in [0.05, 0.1) is 18.1 Å². The number of hydrogen-bond donors (Lipinski definition) is 0. The van der Waals surface area contributed by atoms with Gasteiger partial charge in [0.15, 0.2) is 0 Å².